The molecular weight excluding hydrogens is 186 g/mol. The van der Waals surface area contributed by atoms with Crippen LogP contribution in [0.4, 0.5) is 0 Å². The zero-order valence-electron chi connectivity index (χ0n) is 8.74. The van der Waals surface area contributed by atoms with Crippen molar-refractivity contribution in [3.05, 3.63) is 0 Å². The molecule has 0 spiro atoms. The first-order valence-corrected chi connectivity index (χ1v) is 4.59. The van der Waals surface area contributed by atoms with E-state index in [1.165, 1.54) is 0 Å². The summed E-state index contributed by atoms with van der Waals surface area (Å²) in [7, 11) is 0. The summed E-state index contributed by atoms with van der Waals surface area (Å²) in [5.74, 6) is -1.56. The predicted octanol–water partition coefficient (Wildman–Crippen LogP) is 0.248. The zero-order chi connectivity index (χ0) is 11.1. The standard InChI is InChI=1S/C9H17NO4/c1-4-14-5-7(11)10-8(6(2)3)9(12)13/h6,8H,4-5H2,1-3H3,(H,10,11)(H,12,13)/t8-/m0/s1. The number of ether oxygens (including phenoxy) is 1. The van der Waals surface area contributed by atoms with Gasteiger partial charge in [-0.25, -0.2) is 4.79 Å². The normalized spacial score (nSPS) is 12.6. The zero-order valence-corrected chi connectivity index (χ0v) is 8.74. The first-order valence-electron chi connectivity index (χ1n) is 4.59. The minimum atomic E-state index is -1.02. The molecule has 2 N–H and O–H groups in total. The van der Waals surface area contributed by atoms with Gasteiger partial charge in [-0.2, -0.15) is 0 Å². The van der Waals surface area contributed by atoms with Gasteiger partial charge < -0.3 is 15.2 Å². The fourth-order valence-electron chi connectivity index (χ4n) is 0.923. The highest BCUT2D eigenvalue weighted by atomic mass is 16.5. The molecule has 0 aliphatic heterocycles. The van der Waals surface area contributed by atoms with Gasteiger partial charge in [-0.05, 0) is 12.8 Å². The van der Waals surface area contributed by atoms with Gasteiger partial charge in [0.25, 0.3) is 0 Å². The summed E-state index contributed by atoms with van der Waals surface area (Å²) < 4.78 is 4.85. The molecule has 0 aromatic carbocycles. The van der Waals surface area contributed by atoms with Gasteiger partial charge in [0.05, 0.1) is 0 Å². The average Bonchev–Trinajstić information content (AvgIpc) is 2.09. The molecule has 0 unspecified atom stereocenters. The van der Waals surface area contributed by atoms with Crippen LogP contribution in [0.25, 0.3) is 0 Å². The summed E-state index contributed by atoms with van der Waals surface area (Å²) in [6, 6.07) is -0.844. The Kier molecular flexibility index (Phi) is 5.87. The summed E-state index contributed by atoms with van der Waals surface area (Å²) in [5, 5.41) is 11.1. The van der Waals surface area contributed by atoms with Crippen LogP contribution in [0.3, 0.4) is 0 Å². The van der Waals surface area contributed by atoms with Crippen molar-refractivity contribution in [2.45, 2.75) is 26.8 Å². The van der Waals surface area contributed by atoms with E-state index in [1.54, 1.807) is 20.8 Å². The Hall–Kier alpha value is -1.10. The van der Waals surface area contributed by atoms with Gasteiger partial charge in [0.1, 0.15) is 12.6 Å². The number of carbonyl (C=O) groups is 2. The van der Waals surface area contributed by atoms with Crippen molar-refractivity contribution in [3.8, 4) is 0 Å². The summed E-state index contributed by atoms with van der Waals surface area (Å²) in [4.78, 5) is 21.8. The van der Waals surface area contributed by atoms with Gasteiger partial charge in [0.15, 0.2) is 0 Å². The number of hydrogen-bond acceptors (Lipinski definition) is 3. The van der Waals surface area contributed by atoms with E-state index in [-0.39, 0.29) is 12.5 Å². The average molecular weight is 203 g/mol. The van der Waals surface area contributed by atoms with Crippen LogP contribution in [0.2, 0.25) is 0 Å². The van der Waals surface area contributed by atoms with Crippen LogP contribution in [0.5, 0.6) is 0 Å². The highest BCUT2D eigenvalue weighted by Gasteiger charge is 2.22. The SMILES string of the molecule is CCOCC(=O)N[C@H](C(=O)O)C(C)C. The second-order valence-electron chi connectivity index (χ2n) is 3.26. The van der Waals surface area contributed by atoms with Crippen molar-refractivity contribution >= 4 is 11.9 Å². The minimum absolute atomic E-state index is 0.0903. The number of carboxylic acid groups (broad SMARTS) is 1. The van der Waals surface area contributed by atoms with Crippen molar-refractivity contribution in [2.75, 3.05) is 13.2 Å². The lowest BCUT2D eigenvalue weighted by Gasteiger charge is -2.17. The van der Waals surface area contributed by atoms with Crippen LogP contribution < -0.4 is 5.32 Å². The quantitative estimate of drug-likeness (QED) is 0.648. The van der Waals surface area contributed by atoms with Gasteiger partial charge in [-0.15, -0.1) is 0 Å². The molecule has 0 radical (unpaired) electrons. The van der Waals surface area contributed by atoms with Crippen molar-refractivity contribution in [3.63, 3.8) is 0 Å². The predicted molar refractivity (Wildman–Crippen MR) is 50.9 cm³/mol. The number of nitrogens with one attached hydrogen (secondary N) is 1. The number of carboxylic acids is 1. The fourth-order valence-corrected chi connectivity index (χ4v) is 0.923. The third-order valence-corrected chi connectivity index (χ3v) is 1.69. The van der Waals surface area contributed by atoms with Crippen LogP contribution in [-0.4, -0.2) is 36.2 Å². The van der Waals surface area contributed by atoms with Crippen molar-refractivity contribution in [1.82, 2.24) is 5.32 Å². The maximum Gasteiger partial charge on any atom is 0.326 e. The van der Waals surface area contributed by atoms with Crippen molar-refractivity contribution in [1.29, 1.82) is 0 Å². The second-order valence-corrected chi connectivity index (χ2v) is 3.26. The summed E-state index contributed by atoms with van der Waals surface area (Å²) in [6.45, 7) is 5.59. The fraction of sp³-hybridized carbons (Fsp3) is 0.778. The summed E-state index contributed by atoms with van der Waals surface area (Å²) in [6.07, 6.45) is 0. The van der Waals surface area contributed by atoms with E-state index < -0.39 is 17.9 Å². The number of hydrogen-bond donors (Lipinski definition) is 2. The van der Waals surface area contributed by atoms with E-state index in [2.05, 4.69) is 5.32 Å². The minimum Gasteiger partial charge on any atom is -0.480 e. The van der Waals surface area contributed by atoms with Crippen LogP contribution in [-0.2, 0) is 14.3 Å². The van der Waals surface area contributed by atoms with E-state index in [0.29, 0.717) is 6.61 Å². The molecule has 0 bridgehead atoms. The Morgan fingerprint density at radius 3 is 2.36 bits per heavy atom. The van der Waals surface area contributed by atoms with E-state index in [0.717, 1.165) is 0 Å². The Morgan fingerprint density at radius 2 is 2.00 bits per heavy atom. The molecule has 5 nitrogen and oxygen atoms in total. The maximum absolute atomic E-state index is 11.1. The molecule has 0 rings (SSSR count). The monoisotopic (exact) mass is 203 g/mol. The molecule has 82 valence electrons. The number of amides is 1. The number of carbonyl (C=O) groups excluding carboxylic acids is 1. The largest absolute Gasteiger partial charge is 0.480 e. The lowest BCUT2D eigenvalue weighted by Crippen LogP contribution is -2.45. The molecule has 14 heavy (non-hydrogen) atoms. The van der Waals surface area contributed by atoms with E-state index in [1.807, 2.05) is 0 Å². The van der Waals surface area contributed by atoms with E-state index in [4.69, 9.17) is 9.84 Å². The van der Waals surface area contributed by atoms with Crippen LogP contribution in [0.1, 0.15) is 20.8 Å². The third kappa shape index (κ3) is 4.81. The molecule has 5 heteroatoms. The third-order valence-electron chi connectivity index (χ3n) is 1.69. The molecule has 1 amide bonds. The van der Waals surface area contributed by atoms with Crippen LogP contribution in [0, 0.1) is 5.92 Å². The topological polar surface area (TPSA) is 75.6 Å². The van der Waals surface area contributed by atoms with Gasteiger partial charge in [0.2, 0.25) is 5.91 Å². The molecule has 0 saturated carbocycles. The molecular formula is C9H17NO4. The summed E-state index contributed by atoms with van der Waals surface area (Å²) >= 11 is 0. The number of aliphatic carboxylic acids is 1. The molecule has 0 aromatic heterocycles. The highest BCUT2D eigenvalue weighted by Crippen LogP contribution is 2.01. The highest BCUT2D eigenvalue weighted by molar-refractivity contribution is 5.84. The Labute approximate surface area is 83.4 Å². The smallest absolute Gasteiger partial charge is 0.326 e. The van der Waals surface area contributed by atoms with Gasteiger partial charge >= 0.3 is 5.97 Å². The first-order chi connectivity index (χ1) is 6.49. The maximum atomic E-state index is 11.1. The lowest BCUT2D eigenvalue weighted by atomic mass is 10.1. The number of rotatable bonds is 6. The molecule has 0 fully saturated rings. The second kappa shape index (κ2) is 6.37. The van der Waals surface area contributed by atoms with E-state index in [9.17, 15) is 9.59 Å². The lowest BCUT2D eigenvalue weighted by molar-refractivity contribution is -0.143. The Balaban J connectivity index is 4.04. The molecule has 0 aliphatic rings. The molecule has 0 aromatic rings. The van der Waals surface area contributed by atoms with Crippen LogP contribution in [0.15, 0.2) is 0 Å². The van der Waals surface area contributed by atoms with Gasteiger partial charge in [-0.3, -0.25) is 4.79 Å². The molecule has 0 saturated heterocycles. The molecule has 0 aliphatic carbocycles. The van der Waals surface area contributed by atoms with Crippen molar-refractivity contribution in [2.24, 2.45) is 5.92 Å². The molecule has 1 atom stereocenters. The van der Waals surface area contributed by atoms with Gasteiger partial charge in [0, 0.05) is 6.61 Å². The van der Waals surface area contributed by atoms with E-state index >= 15 is 0 Å². The van der Waals surface area contributed by atoms with Crippen LogP contribution >= 0.6 is 0 Å². The van der Waals surface area contributed by atoms with Crippen molar-refractivity contribution < 1.29 is 19.4 Å². The first kappa shape index (κ1) is 12.9. The molecule has 0 heterocycles. The Bertz CT molecular complexity index is 203. The Morgan fingerprint density at radius 1 is 1.43 bits per heavy atom. The van der Waals surface area contributed by atoms with Gasteiger partial charge in [-0.1, -0.05) is 13.8 Å². The summed E-state index contributed by atoms with van der Waals surface area (Å²) in [5.41, 5.74) is 0.